The zero-order valence-electron chi connectivity index (χ0n) is 36.6. The molecule has 1 aliphatic carbocycles. The molecule has 0 N–H and O–H groups in total. The van der Waals surface area contributed by atoms with E-state index in [-0.39, 0.29) is 0 Å². The molecule has 2 atom stereocenters. The van der Waals surface area contributed by atoms with E-state index < -0.39 is 0 Å². The second-order valence-electron chi connectivity index (χ2n) is 17.9. The summed E-state index contributed by atoms with van der Waals surface area (Å²) in [5.41, 5.74) is 14.6. The Bertz CT molecular complexity index is 4030. The minimum absolute atomic E-state index is 0.317. The van der Waals surface area contributed by atoms with Crippen LogP contribution in [-0.4, -0.2) is 9.65 Å². The zero-order chi connectivity index (χ0) is 44.0. The Labute approximate surface area is 393 Å². The highest BCUT2D eigenvalue weighted by Gasteiger charge is 2.33. The highest BCUT2D eigenvalue weighted by molar-refractivity contribution is 8.00. The molecule has 12 aromatic rings. The van der Waals surface area contributed by atoms with Crippen LogP contribution in [0.25, 0.3) is 92.9 Å². The summed E-state index contributed by atoms with van der Waals surface area (Å²) in [5.74, 6) is 0.317. The summed E-state index contributed by atoms with van der Waals surface area (Å²) in [6, 6.07) is 80.7. The number of aromatic nitrogens is 1. The van der Waals surface area contributed by atoms with Crippen molar-refractivity contribution in [3.63, 3.8) is 0 Å². The first-order valence-electron chi connectivity index (χ1n) is 23.2. The van der Waals surface area contributed by atoms with Gasteiger partial charge in [0.2, 0.25) is 0 Å². The van der Waals surface area contributed by atoms with Crippen LogP contribution in [0, 0.1) is 0 Å². The van der Waals surface area contributed by atoms with Gasteiger partial charge in [-0.15, -0.1) is 11.8 Å². The number of hydrogen-bond donors (Lipinski definition) is 0. The first-order valence-corrected chi connectivity index (χ1v) is 24.1. The number of allylic oxidation sites excluding steroid dienone is 2. The lowest BCUT2D eigenvalue weighted by Crippen LogP contribution is -2.20. The van der Waals surface area contributed by atoms with Crippen molar-refractivity contribution in [2.24, 2.45) is 0 Å². The van der Waals surface area contributed by atoms with Gasteiger partial charge in [0.1, 0.15) is 0 Å². The maximum Gasteiger partial charge on any atom is 0.0620 e. The van der Waals surface area contributed by atoms with E-state index in [0.717, 1.165) is 11.4 Å². The van der Waals surface area contributed by atoms with Crippen LogP contribution in [0.1, 0.15) is 11.5 Å². The van der Waals surface area contributed by atoms with E-state index in [4.69, 9.17) is 0 Å². The average Bonchev–Trinajstić information content (AvgIpc) is 3.95. The summed E-state index contributed by atoms with van der Waals surface area (Å²) in [5, 5.41) is 11.8. The van der Waals surface area contributed by atoms with Gasteiger partial charge >= 0.3 is 0 Å². The number of anilines is 2. The molecule has 2 nitrogen and oxygen atoms in total. The van der Waals surface area contributed by atoms with Crippen molar-refractivity contribution in [3.05, 3.63) is 254 Å². The topological polar surface area (TPSA) is 7.65 Å². The minimum atomic E-state index is 0.317. The molecule has 1 aliphatic heterocycles. The number of thioether (sulfide) groups is 1. The van der Waals surface area contributed by atoms with E-state index in [9.17, 15) is 0 Å². The van der Waals surface area contributed by atoms with Gasteiger partial charge in [-0.2, -0.15) is 0 Å². The monoisotopic (exact) mass is 870 g/mol. The largest absolute Gasteiger partial charge is 0.315 e. The van der Waals surface area contributed by atoms with Crippen molar-refractivity contribution in [1.82, 2.24) is 4.40 Å². The van der Waals surface area contributed by atoms with Crippen LogP contribution in [0.15, 0.2) is 253 Å². The molecule has 314 valence electrons. The van der Waals surface area contributed by atoms with Crippen LogP contribution in [0.4, 0.5) is 11.4 Å². The number of fused-ring (bicyclic) bond motifs is 14. The lowest BCUT2D eigenvalue weighted by Gasteiger charge is -2.30. The first kappa shape index (κ1) is 38.2. The molecule has 0 spiro atoms. The molecule has 0 saturated heterocycles. The van der Waals surface area contributed by atoms with E-state index in [1.54, 1.807) is 0 Å². The molecule has 2 aromatic heterocycles. The summed E-state index contributed by atoms with van der Waals surface area (Å²) in [7, 11) is 0. The number of pyridine rings is 1. The van der Waals surface area contributed by atoms with Gasteiger partial charge in [0, 0.05) is 61.1 Å². The molecule has 0 fully saturated rings. The SMILES string of the molecule is C1=CC2Sc3ccccc3C2C=C1N(c1ccc(-c2cccc(-c3cccc4c5ccccc5c5c(c(-c6ccccc6)c6ccccn65)c34)c2)cc1)c1ccc2c(ccc3ccccc32)c1. The third-order valence-electron chi connectivity index (χ3n) is 14.3. The Hall–Kier alpha value is -8.11. The van der Waals surface area contributed by atoms with Crippen molar-refractivity contribution >= 4 is 82.6 Å². The summed E-state index contributed by atoms with van der Waals surface area (Å²) in [6.45, 7) is 0. The Balaban J connectivity index is 0.911. The third-order valence-corrected chi connectivity index (χ3v) is 15.6. The van der Waals surface area contributed by atoms with E-state index in [2.05, 4.69) is 252 Å². The minimum Gasteiger partial charge on any atom is -0.315 e. The van der Waals surface area contributed by atoms with Gasteiger partial charge in [-0.05, 0) is 120 Å². The molecule has 3 heterocycles. The molecule has 14 rings (SSSR count). The van der Waals surface area contributed by atoms with Crippen molar-refractivity contribution < 1.29 is 0 Å². The van der Waals surface area contributed by atoms with Gasteiger partial charge in [-0.1, -0.05) is 182 Å². The molecule has 0 saturated carbocycles. The highest BCUT2D eigenvalue weighted by Crippen LogP contribution is 2.51. The van der Waals surface area contributed by atoms with Crippen LogP contribution in [0.3, 0.4) is 0 Å². The number of rotatable bonds is 6. The van der Waals surface area contributed by atoms with Crippen molar-refractivity contribution in [2.45, 2.75) is 16.1 Å². The molecule has 0 bridgehead atoms. The molecule has 67 heavy (non-hydrogen) atoms. The van der Waals surface area contributed by atoms with E-state index in [1.165, 1.54) is 109 Å². The Kier molecular flexibility index (Phi) is 8.68. The standard InChI is InChI=1S/C64H42N2S/c1-2-15-43(16-3-1)61-58-25-10-11-37-65(58)64-56-22-7-6-20-53(56)55-24-13-23-52(62(55)63(61)64)45-18-12-17-44(38-45)41-29-31-47(32-30-41)66(49-34-36-60-57(40-49)54-21-8-9-26-59(54)67-60)48-33-35-51-46(39-48)28-27-42-14-4-5-19-50(42)51/h1-40,57,60H. The zero-order valence-corrected chi connectivity index (χ0v) is 37.4. The molecule has 0 amide bonds. The Morgan fingerprint density at radius 3 is 2.06 bits per heavy atom. The summed E-state index contributed by atoms with van der Waals surface area (Å²) in [4.78, 5) is 3.83. The second-order valence-corrected chi connectivity index (χ2v) is 19.2. The molecule has 2 aliphatic rings. The molecular weight excluding hydrogens is 829 g/mol. The van der Waals surface area contributed by atoms with Crippen molar-refractivity contribution in [2.75, 3.05) is 4.90 Å². The average molecular weight is 871 g/mol. The fraction of sp³-hybridized carbons (Fsp3) is 0.0312. The fourth-order valence-electron chi connectivity index (χ4n) is 11.3. The predicted molar refractivity (Wildman–Crippen MR) is 286 cm³/mol. The van der Waals surface area contributed by atoms with E-state index >= 15 is 0 Å². The van der Waals surface area contributed by atoms with Gasteiger partial charge in [0.05, 0.1) is 11.0 Å². The van der Waals surface area contributed by atoms with Crippen LogP contribution in [-0.2, 0) is 0 Å². The third kappa shape index (κ3) is 6.05. The van der Waals surface area contributed by atoms with E-state index in [0.29, 0.717) is 11.2 Å². The van der Waals surface area contributed by atoms with Gasteiger partial charge < -0.3 is 9.30 Å². The second kappa shape index (κ2) is 15.2. The fourth-order valence-corrected chi connectivity index (χ4v) is 12.6. The molecular formula is C64H42N2S. The van der Waals surface area contributed by atoms with Crippen LogP contribution >= 0.6 is 11.8 Å². The maximum absolute atomic E-state index is 2.49. The molecule has 2 unspecified atom stereocenters. The van der Waals surface area contributed by atoms with Gasteiger partial charge in [-0.3, -0.25) is 0 Å². The maximum atomic E-state index is 2.49. The quantitative estimate of drug-likeness (QED) is 0.154. The molecule has 0 radical (unpaired) electrons. The predicted octanol–water partition coefficient (Wildman–Crippen LogP) is 17.6. The lowest BCUT2D eigenvalue weighted by molar-refractivity contribution is 0.863. The van der Waals surface area contributed by atoms with Gasteiger partial charge in [0.15, 0.2) is 0 Å². The number of hydrogen-bond acceptors (Lipinski definition) is 2. The van der Waals surface area contributed by atoms with Crippen LogP contribution in [0.5, 0.6) is 0 Å². The first-order chi connectivity index (χ1) is 33.2. The summed E-state index contributed by atoms with van der Waals surface area (Å²) in [6.07, 6.45) is 9.47. The number of nitrogens with zero attached hydrogens (tertiary/aromatic N) is 2. The van der Waals surface area contributed by atoms with Crippen LogP contribution < -0.4 is 4.90 Å². The van der Waals surface area contributed by atoms with Crippen LogP contribution in [0.2, 0.25) is 0 Å². The summed E-state index contributed by atoms with van der Waals surface area (Å²) >= 11 is 1.98. The smallest absolute Gasteiger partial charge is 0.0620 e. The molecule has 3 heteroatoms. The normalized spacial score (nSPS) is 15.4. The molecule has 10 aromatic carbocycles. The van der Waals surface area contributed by atoms with E-state index in [1.807, 2.05) is 11.8 Å². The van der Waals surface area contributed by atoms with Crippen molar-refractivity contribution in [3.8, 4) is 33.4 Å². The summed E-state index contributed by atoms with van der Waals surface area (Å²) < 4.78 is 2.40. The van der Waals surface area contributed by atoms with Crippen molar-refractivity contribution in [1.29, 1.82) is 0 Å². The van der Waals surface area contributed by atoms with Gasteiger partial charge in [-0.25, -0.2) is 0 Å². The number of benzene rings is 10. The highest BCUT2D eigenvalue weighted by atomic mass is 32.2. The Morgan fingerprint density at radius 1 is 0.448 bits per heavy atom. The van der Waals surface area contributed by atoms with Gasteiger partial charge in [0.25, 0.3) is 0 Å². The Morgan fingerprint density at radius 2 is 1.15 bits per heavy atom. The lowest BCUT2D eigenvalue weighted by atomic mass is 9.88.